The smallest absolute Gasteiger partial charge is 0.192 e. The first-order valence-electron chi connectivity index (χ1n) is 7.20. The largest absolute Gasteiger partial charge is 0.412 e. The molecule has 0 spiro atoms. The number of nitrogens with zero attached hydrogens (tertiary/aromatic N) is 1. The van der Waals surface area contributed by atoms with Crippen molar-refractivity contribution in [3.8, 4) is 0 Å². The standard InChI is InChI=1S/C16H25FNOSi/c1-16(2,3)20(4,5)19-12-13-8-6-9-14(15(13)17)18-10-7-11-18/h6-9H,10-12H2,1-5H3. The summed E-state index contributed by atoms with van der Waals surface area (Å²) in [4.78, 5) is 2.03. The van der Waals surface area contributed by atoms with Crippen LogP contribution in [-0.4, -0.2) is 21.4 Å². The highest BCUT2D eigenvalue weighted by molar-refractivity contribution is 6.74. The van der Waals surface area contributed by atoms with Gasteiger partial charge in [-0.15, -0.1) is 0 Å². The van der Waals surface area contributed by atoms with Gasteiger partial charge in [-0.3, -0.25) is 0 Å². The zero-order valence-electron chi connectivity index (χ0n) is 13.2. The summed E-state index contributed by atoms with van der Waals surface area (Å²) in [6.45, 7) is 13.0. The minimum atomic E-state index is -1.84. The van der Waals surface area contributed by atoms with Gasteiger partial charge in [0.2, 0.25) is 0 Å². The van der Waals surface area contributed by atoms with E-state index in [0.717, 1.165) is 13.1 Å². The molecule has 1 aromatic carbocycles. The highest BCUT2D eigenvalue weighted by atomic mass is 28.4. The van der Waals surface area contributed by atoms with E-state index in [2.05, 4.69) is 40.3 Å². The number of hydrogen-bond acceptors (Lipinski definition) is 2. The van der Waals surface area contributed by atoms with Crippen molar-refractivity contribution in [3.05, 3.63) is 36.0 Å². The van der Waals surface area contributed by atoms with Gasteiger partial charge in [0.25, 0.3) is 0 Å². The minimum absolute atomic E-state index is 0.126. The Morgan fingerprint density at radius 2 is 1.90 bits per heavy atom. The molecule has 20 heavy (non-hydrogen) atoms. The second-order valence-electron chi connectivity index (χ2n) is 6.99. The molecule has 0 bridgehead atoms. The van der Waals surface area contributed by atoms with Gasteiger partial charge >= 0.3 is 0 Å². The molecule has 4 heteroatoms. The van der Waals surface area contributed by atoms with E-state index in [4.69, 9.17) is 4.43 Å². The van der Waals surface area contributed by atoms with Crippen LogP contribution in [0.25, 0.3) is 0 Å². The average Bonchev–Trinajstić information content (AvgIpc) is 2.26. The Bertz CT molecular complexity index is 478. The minimum Gasteiger partial charge on any atom is -0.412 e. The molecule has 1 radical (unpaired) electrons. The highest BCUT2D eigenvalue weighted by Gasteiger charge is 2.37. The first-order chi connectivity index (χ1) is 9.22. The monoisotopic (exact) mass is 294 g/mol. The van der Waals surface area contributed by atoms with Gasteiger partial charge in [0.1, 0.15) is 0 Å². The van der Waals surface area contributed by atoms with Crippen molar-refractivity contribution in [1.82, 2.24) is 0 Å². The predicted molar refractivity (Wildman–Crippen MR) is 84.9 cm³/mol. The fourth-order valence-corrected chi connectivity index (χ4v) is 2.80. The van der Waals surface area contributed by atoms with Crippen molar-refractivity contribution in [2.45, 2.75) is 45.5 Å². The van der Waals surface area contributed by atoms with Crippen LogP contribution in [0.5, 0.6) is 0 Å². The third kappa shape index (κ3) is 3.06. The van der Waals surface area contributed by atoms with Gasteiger partial charge in [-0.25, -0.2) is 4.39 Å². The summed E-state index contributed by atoms with van der Waals surface area (Å²) >= 11 is 0. The lowest BCUT2D eigenvalue weighted by molar-refractivity contribution is 0.271. The molecular formula is C16H25FNOSi. The second-order valence-corrected chi connectivity index (χ2v) is 11.8. The van der Waals surface area contributed by atoms with Crippen LogP contribution in [0.1, 0.15) is 26.3 Å². The molecule has 0 unspecified atom stereocenters. The van der Waals surface area contributed by atoms with Crippen molar-refractivity contribution in [3.63, 3.8) is 0 Å². The molecule has 1 aliphatic heterocycles. The molecule has 2 nitrogen and oxygen atoms in total. The summed E-state index contributed by atoms with van der Waals surface area (Å²) in [5.74, 6) is -0.126. The maximum absolute atomic E-state index is 14.5. The van der Waals surface area contributed by atoms with Crippen LogP contribution < -0.4 is 4.90 Å². The van der Waals surface area contributed by atoms with E-state index < -0.39 is 8.32 Å². The molecule has 0 aliphatic carbocycles. The fourth-order valence-electron chi connectivity index (χ4n) is 1.85. The van der Waals surface area contributed by atoms with Crippen molar-refractivity contribution in [2.24, 2.45) is 0 Å². The number of benzene rings is 1. The lowest BCUT2D eigenvalue weighted by Crippen LogP contribution is -2.40. The van der Waals surface area contributed by atoms with Crippen LogP contribution in [0, 0.1) is 12.2 Å². The zero-order valence-corrected chi connectivity index (χ0v) is 14.2. The second kappa shape index (κ2) is 5.49. The average molecular weight is 294 g/mol. The van der Waals surface area contributed by atoms with E-state index in [9.17, 15) is 4.39 Å². The van der Waals surface area contributed by atoms with Gasteiger partial charge in [-0.1, -0.05) is 32.9 Å². The Morgan fingerprint density at radius 3 is 2.40 bits per heavy atom. The molecule has 0 saturated carbocycles. The number of anilines is 1. The van der Waals surface area contributed by atoms with Gasteiger partial charge in [0.05, 0.1) is 12.3 Å². The van der Waals surface area contributed by atoms with E-state index in [0.29, 0.717) is 17.9 Å². The van der Waals surface area contributed by atoms with Gasteiger partial charge in [-0.05, 0) is 24.2 Å². The summed E-state index contributed by atoms with van der Waals surface area (Å²) in [5, 5.41) is 0.146. The molecule has 0 N–H and O–H groups in total. The highest BCUT2D eigenvalue weighted by Crippen LogP contribution is 2.37. The molecule has 1 fully saturated rings. The summed E-state index contributed by atoms with van der Waals surface area (Å²) < 4.78 is 20.6. The van der Waals surface area contributed by atoms with Gasteiger partial charge in [0, 0.05) is 25.1 Å². The van der Waals surface area contributed by atoms with Gasteiger partial charge in [0.15, 0.2) is 14.1 Å². The Hall–Kier alpha value is -0.873. The Kier molecular flexibility index (Phi) is 4.26. The van der Waals surface area contributed by atoms with Crippen LogP contribution in [0.4, 0.5) is 10.1 Å². The first kappa shape index (κ1) is 15.5. The molecular weight excluding hydrogens is 269 g/mol. The Labute approximate surface area is 123 Å². The zero-order chi connectivity index (χ0) is 15.0. The van der Waals surface area contributed by atoms with Gasteiger partial charge < -0.3 is 9.33 Å². The van der Waals surface area contributed by atoms with Crippen LogP contribution >= 0.6 is 0 Å². The third-order valence-electron chi connectivity index (χ3n) is 4.49. The summed E-state index contributed by atoms with van der Waals surface area (Å²) in [7, 11) is -1.84. The van der Waals surface area contributed by atoms with Crippen LogP contribution in [0.3, 0.4) is 0 Å². The molecule has 1 heterocycles. The molecule has 1 saturated heterocycles. The fraction of sp³-hybridized carbons (Fsp3) is 0.562. The molecule has 0 aromatic heterocycles. The number of hydrogen-bond donors (Lipinski definition) is 0. The van der Waals surface area contributed by atoms with Crippen LogP contribution in [-0.2, 0) is 11.0 Å². The normalized spacial score (nSPS) is 16.2. The molecule has 0 amide bonds. The summed E-state index contributed by atoms with van der Waals surface area (Å²) in [5.41, 5.74) is 1.36. The Balaban J connectivity index is 2.10. The third-order valence-corrected chi connectivity index (χ3v) is 8.97. The molecule has 0 atom stereocenters. The maximum Gasteiger partial charge on any atom is 0.192 e. The van der Waals surface area contributed by atoms with E-state index in [1.54, 1.807) is 0 Å². The first-order valence-corrected chi connectivity index (χ1v) is 10.1. The van der Waals surface area contributed by atoms with Crippen molar-refractivity contribution < 1.29 is 8.82 Å². The van der Waals surface area contributed by atoms with Crippen molar-refractivity contribution in [2.75, 3.05) is 18.0 Å². The summed E-state index contributed by atoms with van der Waals surface area (Å²) in [6.07, 6.45) is 2.14. The lowest BCUT2D eigenvalue weighted by Gasteiger charge is -2.36. The lowest BCUT2D eigenvalue weighted by atomic mass is 10.1. The predicted octanol–water partition coefficient (Wildman–Crippen LogP) is 4.37. The van der Waals surface area contributed by atoms with Crippen LogP contribution in [0.2, 0.25) is 18.1 Å². The van der Waals surface area contributed by atoms with E-state index in [-0.39, 0.29) is 10.9 Å². The van der Waals surface area contributed by atoms with E-state index in [1.807, 2.05) is 23.1 Å². The van der Waals surface area contributed by atoms with Crippen LogP contribution in [0.15, 0.2) is 18.2 Å². The summed E-state index contributed by atoms with van der Waals surface area (Å²) in [6, 6.07) is 5.59. The van der Waals surface area contributed by atoms with Crippen molar-refractivity contribution >= 4 is 14.0 Å². The Morgan fingerprint density at radius 1 is 1.25 bits per heavy atom. The number of rotatable bonds is 4. The molecule has 1 aromatic rings. The SMILES string of the molecule is CC(C)(C)[Si](C)(C)OCc1cccc(N2C[CH]C2)c1F. The van der Waals surface area contributed by atoms with Crippen molar-refractivity contribution in [1.29, 1.82) is 0 Å². The maximum atomic E-state index is 14.5. The quantitative estimate of drug-likeness (QED) is 0.765. The topological polar surface area (TPSA) is 12.5 Å². The van der Waals surface area contributed by atoms with Gasteiger partial charge in [-0.2, -0.15) is 0 Å². The van der Waals surface area contributed by atoms with E-state index >= 15 is 0 Å². The molecule has 111 valence electrons. The number of halogens is 1. The van der Waals surface area contributed by atoms with E-state index in [1.165, 1.54) is 0 Å². The molecule has 1 aliphatic rings. The molecule has 2 rings (SSSR count).